The number of carbonyl (C=O) groups excluding carboxylic acids is 1. The van der Waals surface area contributed by atoms with Crippen molar-refractivity contribution in [2.24, 2.45) is 0 Å². The van der Waals surface area contributed by atoms with Gasteiger partial charge in [0.25, 0.3) is 0 Å². The Balaban J connectivity index is 2.18. The molecule has 0 spiro atoms. The van der Waals surface area contributed by atoms with Crippen molar-refractivity contribution in [1.82, 2.24) is 10.3 Å². The topological polar surface area (TPSA) is 97.4 Å². The van der Waals surface area contributed by atoms with Gasteiger partial charge in [-0.15, -0.1) is 0 Å². The molecule has 1 aromatic heterocycles. The minimum atomic E-state index is -4.63. The fraction of sp³-hybridized carbons (Fsp3) is 0.300. The summed E-state index contributed by atoms with van der Waals surface area (Å²) in [5.41, 5.74) is -1.60. The van der Waals surface area contributed by atoms with Gasteiger partial charge in [0.2, 0.25) is 5.91 Å². The van der Waals surface area contributed by atoms with Crippen molar-refractivity contribution < 1.29 is 35.5 Å². The lowest BCUT2D eigenvalue weighted by atomic mass is 10.1. The van der Waals surface area contributed by atoms with Gasteiger partial charge >= 0.3 is 6.18 Å². The summed E-state index contributed by atoms with van der Waals surface area (Å²) in [5.74, 6) is -3.03. The predicted octanol–water partition coefficient (Wildman–Crippen LogP) is 3.93. The van der Waals surface area contributed by atoms with E-state index in [-0.39, 0.29) is 16.9 Å². The van der Waals surface area contributed by atoms with Gasteiger partial charge in [-0.2, -0.15) is 13.2 Å². The Labute approximate surface area is 189 Å². The molecule has 0 bridgehead atoms. The molecule has 2 rings (SSSR count). The summed E-state index contributed by atoms with van der Waals surface area (Å²) in [4.78, 5) is 15.8. The Bertz CT molecular complexity index is 1060. The van der Waals surface area contributed by atoms with Gasteiger partial charge in [-0.3, -0.25) is 9.00 Å². The highest BCUT2D eigenvalue weighted by Gasteiger charge is 2.32. The molecule has 0 radical (unpaired) electrons. The van der Waals surface area contributed by atoms with Crippen LogP contribution in [0, 0.1) is 11.6 Å². The number of halogens is 5. The van der Waals surface area contributed by atoms with E-state index >= 15 is 0 Å². The minimum Gasteiger partial charge on any atom is -0.755 e. The van der Waals surface area contributed by atoms with Crippen LogP contribution in [0.5, 0.6) is 0 Å². The van der Waals surface area contributed by atoms with Crippen LogP contribution in [0.3, 0.4) is 0 Å². The molecule has 2 unspecified atom stereocenters. The van der Waals surface area contributed by atoms with Gasteiger partial charge in [-0.05, 0) is 49.8 Å². The fourth-order valence-corrected chi connectivity index (χ4v) is 3.12. The van der Waals surface area contributed by atoms with Crippen LogP contribution in [-0.2, 0) is 22.2 Å². The Morgan fingerprint density at radius 1 is 1.27 bits per heavy atom. The summed E-state index contributed by atoms with van der Waals surface area (Å²) in [7, 11) is 0.970. The summed E-state index contributed by atoms with van der Waals surface area (Å²) < 4.78 is 89.4. The van der Waals surface area contributed by atoms with Gasteiger partial charge in [-0.25, -0.2) is 13.8 Å². The third-order valence-electron chi connectivity index (χ3n) is 4.41. The van der Waals surface area contributed by atoms with Crippen LogP contribution in [-0.4, -0.2) is 33.2 Å². The SMILES string of the molecule is CCNc1nc(C(F)(F)F)ccc1C=CC(=O)NC(C)c1cc(F)c(N(C)S(=O)[O-])c(F)c1. The second-order valence-electron chi connectivity index (χ2n) is 6.77. The summed E-state index contributed by atoms with van der Waals surface area (Å²) >= 11 is -2.89. The summed E-state index contributed by atoms with van der Waals surface area (Å²) in [6, 6.07) is 2.84. The summed E-state index contributed by atoms with van der Waals surface area (Å²) in [6.45, 7) is 3.40. The van der Waals surface area contributed by atoms with Gasteiger partial charge in [-0.1, -0.05) is 0 Å². The Kier molecular flexibility index (Phi) is 8.50. The summed E-state index contributed by atoms with van der Waals surface area (Å²) in [6.07, 6.45) is -2.34. The highest BCUT2D eigenvalue weighted by molar-refractivity contribution is 7.80. The Hall–Kier alpha value is -3.06. The Morgan fingerprint density at radius 3 is 2.39 bits per heavy atom. The molecular weight excluding hydrogens is 471 g/mol. The molecule has 13 heteroatoms. The van der Waals surface area contributed by atoms with E-state index in [1.165, 1.54) is 13.0 Å². The quantitative estimate of drug-likeness (QED) is 0.331. The van der Waals surface area contributed by atoms with Crippen LogP contribution < -0.4 is 14.9 Å². The third-order valence-corrected chi connectivity index (χ3v) is 5.04. The fourth-order valence-electron chi connectivity index (χ4n) is 2.79. The number of carbonyl (C=O) groups is 1. The molecule has 0 saturated carbocycles. The second-order valence-corrected chi connectivity index (χ2v) is 7.76. The number of hydrogen-bond acceptors (Lipinski definition) is 5. The number of pyridine rings is 1. The number of alkyl halides is 3. The van der Waals surface area contributed by atoms with Gasteiger partial charge in [0.1, 0.15) is 17.2 Å². The first kappa shape index (κ1) is 26.2. The number of nitrogens with zero attached hydrogens (tertiary/aromatic N) is 2. The smallest absolute Gasteiger partial charge is 0.433 e. The van der Waals surface area contributed by atoms with Gasteiger partial charge in [0.05, 0.1) is 6.04 Å². The average molecular weight is 491 g/mol. The molecule has 0 saturated heterocycles. The van der Waals surface area contributed by atoms with Gasteiger partial charge < -0.3 is 19.5 Å². The van der Waals surface area contributed by atoms with Crippen molar-refractivity contribution >= 4 is 34.8 Å². The van der Waals surface area contributed by atoms with Gasteiger partial charge in [0, 0.05) is 36.5 Å². The zero-order chi connectivity index (χ0) is 24.9. The van der Waals surface area contributed by atoms with Gasteiger partial charge in [0.15, 0.2) is 11.6 Å². The van der Waals surface area contributed by atoms with Crippen molar-refractivity contribution in [2.45, 2.75) is 26.1 Å². The van der Waals surface area contributed by atoms with Crippen molar-refractivity contribution in [3.8, 4) is 0 Å². The molecular formula is C20H20F5N4O3S-. The van der Waals surface area contributed by atoms with E-state index in [1.54, 1.807) is 6.92 Å². The molecule has 1 aromatic carbocycles. The number of amides is 1. The maximum absolute atomic E-state index is 14.2. The lowest BCUT2D eigenvalue weighted by Crippen LogP contribution is -2.26. The Morgan fingerprint density at radius 2 is 1.88 bits per heavy atom. The lowest BCUT2D eigenvalue weighted by Gasteiger charge is -2.23. The first-order chi connectivity index (χ1) is 15.3. The van der Waals surface area contributed by atoms with E-state index in [4.69, 9.17) is 0 Å². The average Bonchev–Trinajstić information content (AvgIpc) is 2.71. The van der Waals surface area contributed by atoms with Crippen LogP contribution in [0.4, 0.5) is 33.5 Å². The molecule has 7 nitrogen and oxygen atoms in total. The number of rotatable bonds is 8. The van der Waals surface area contributed by atoms with E-state index in [1.807, 2.05) is 0 Å². The molecule has 0 aliphatic carbocycles. The van der Waals surface area contributed by atoms with E-state index in [0.717, 1.165) is 37.4 Å². The van der Waals surface area contributed by atoms with E-state index in [9.17, 15) is 35.5 Å². The molecule has 0 aliphatic heterocycles. The van der Waals surface area contributed by atoms with E-state index in [2.05, 4.69) is 15.6 Å². The number of anilines is 2. The number of aromatic nitrogens is 1. The highest BCUT2D eigenvalue weighted by Crippen LogP contribution is 2.30. The second kappa shape index (κ2) is 10.7. The van der Waals surface area contributed by atoms with E-state index in [0.29, 0.717) is 10.8 Å². The van der Waals surface area contributed by atoms with E-state index < -0.39 is 52.4 Å². The predicted molar refractivity (Wildman–Crippen MR) is 113 cm³/mol. The molecule has 180 valence electrons. The number of benzene rings is 1. The zero-order valence-corrected chi connectivity index (χ0v) is 18.5. The maximum Gasteiger partial charge on any atom is 0.433 e. The molecule has 0 aliphatic rings. The molecule has 2 atom stereocenters. The highest BCUT2D eigenvalue weighted by atomic mass is 32.2. The molecule has 0 fully saturated rings. The number of hydrogen-bond donors (Lipinski definition) is 2. The molecule has 1 heterocycles. The van der Waals surface area contributed by atoms with Crippen molar-refractivity contribution in [2.75, 3.05) is 23.2 Å². The van der Waals surface area contributed by atoms with Crippen molar-refractivity contribution in [1.29, 1.82) is 0 Å². The molecule has 1 amide bonds. The molecule has 2 aromatic rings. The minimum absolute atomic E-state index is 0.0325. The van der Waals surface area contributed by atoms with Crippen LogP contribution in [0.15, 0.2) is 30.3 Å². The lowest BCUT2D eigenvalue weighted by molar-refractivity contribution is -0.141. The monoisotopic (exact) mass is 491 g/mol. The zero-order valence-electron chi connectivity index (χ0n) is 17.7. The standard InChI is InChI=1S/C20H21F5N4O3S/c1-4-26-19-12(5-7-16(28-19)20(23,24)25)6-8-17(30)27-11(2)13-9-14(21)18(15(22)10-13)29(3)33(31)32/h5-11H,4H2,1-3H3,(H,26,28)(H,27,30)(H,31,32)/p-1. The molecule has 33 heavy (non-hydrogen) atoms. The van der Waals surface area contributed by atoms with Crippen LogP contribution in [0.1, 0.15) is 36.7 Å². The first-order valence-corrected chi connectivity index (χ1v) is 10.5. The largest absolute Gasteiger partial charge is 0.755 e. The summed E-state index contributed by atoms with van der Waals surface area (Å²) in [5, 5.41) is 5.15. The van der Waals surface area contributed by atoms with Crippen LogP contribution in [0.2, 0.25) is 0 Å². The van der Waals surface area contributed by atoms with Crippen LogP contribution in [0.25, 0.3) is 6.08 Å². The normalized spacial score (nSPS) is 13.6. The third kappa shape index (κ3) is 6.71. The van der Waals surface area contributed by atoms with Crippen molar-refractivity contribution in [3.05, 3.63) is 58.8 Å². The van der Waals surface area contributed by atoms with Crippen LogP contribution >= 0.6 is 0 Å². The maximum atomic E-state index is 14.2. The first-order valence-electron chi connectivity index (χ1n) is 9.47. The number of nitrogens with one attached hydrogen (secondary N) is 2. The van der Waals surface area contributed by atoms with Crippen molar-refractivity contribution in [3.63, 3.8) is 0 Å². The molecule has 2 N–H and O–H groups in total.